The minimum absolute atomic E-state index is 0.211. The SMILES string of the molecule is Fc1ccc(C(Cl)Cc2ccccc2Cl)c(I)c1. The summed E-state index contributed by atoms with van der Waals surface area (Å²) in [6.07, 6.45) is 0.628. The second-order valence-electron chi connectivity index (χ2n) is 3.93. The molecule has 18 heavy (non-hydrogen) atoms. The zero-order valence-electron chi connectivity index (χ0n) is 9.34. The first-order valence-electron chi connectivity index (χ1n) is 5.40. The normalized spacial score (nSPS) is 12.4. The molecule has 4 heteroatoms. The first kappa shape index (κ1) is 14.1. The Morgan fingerprint density at radius 3 is 2.56 bits per heavy atom. The molecule has 0 radical (unpaired) electrons. The maximum atomic E-state index is 13.0. The van der Waals surface area contributed by atoms with Crippen LogP contribution >= 0.6 is 45.8 Å². The van der Waals surface area contributed by atoms with Gasteiger partial charge in [0, 0.05) is 8.59 Å². The molecule has 0 saturated heterocycles. The molecule has 0 saturated carbocycles. The molecule has 0 aliphatic carbocycles. The van der Waals surface area contributed by atoms with Crippen molar-refractivity contribution in [1.29, 1.82) is 0 Å². The van der Waals surface area contributed by atoms with E-state index in [0.29, 0.717) is 11.4 Å². The Bertz CT molecular complexity index is 557. The van der Waals surface area contributed by atoms with E-state index in [4.69, 9.17) is 23.2 Å². The van der Waals surface area contributed by atoms with Crippen LogP contribution in [0.5, 0.6) is 0 Å². The molecule has 0 aliphatic heterocycles. The minimum Gasteiger partial charge on any atom is -0.207 e. The Morgan fingerprint density at radius 2 is 1.89 bits per heavy atom. The van der Waals surface area contributed by atoms with E-state index in [-0.39, 0.29) is 11.2 Å². The van der Waals surface area contributed by atoms with Crippen LogP contribution in [0.2, 0.25) is 5.02 Å². The number of rotatable bonds is 3. The van der Waals surface area contributed by atoms with Gasteiger partial charge in [0.15, 0.2) is 0 Å². The topological polar surface area (TPSA) is 0 Å². The van der Waals surface area contributed by atoms with Gasteiger partial charge in [-0.15, -0.1) is 11.6 Å². The Balaban J connectivity index is 2.22. The quantitative estimate of drug-likeness (QED) is 0.469. The van der Waals surface area contributed by atoms with E-state index in [9.17, 15) is 4.39 Å². The highest BCUT2D eigenvalue weighted by molar-refractivity contribution is 14.1. The molecule has 0 aliphatic rings. The fourth-order valence-corrected chi connectivity index (χ4v) is 3.33. The third kappa shape index (κ3) is 3.37. The molecule has 0 bridgehead atoms. The van der Waals surface area contributed by atoms with Gasteiger partial charge >= 0.3 is 0 Å². The molecule has 2 aromatic rings. The highest BCUT2D eigenvalue weighted by Gasteiger charge is 2.14. The largest absolute Gasteiger partial charge is 0.207 e. The lowest BCUT2D eigenvalue weighted by Gasteiger charge is -2.13. The fourth-order valence-electron chi connectivity index (χ4n) is 1.72. The summed E-state index contributed by atoms with van der Waals surface area (Å²) in [5, 5.41) is 0.498. The highest BCUT2D eigenvalue weighted by Crippen LogP contribution is 2.31. The molecule has 0 aromatic heterocycles. The number of alkyl halides is 1. The van der Waals surface area contributed by atoms with Crippen molar-refractivity contribution >= 4 is 45.8 Å². The van der Waals surface area contributed by atoms with Gasteiger partial charge in [-0.2, -0.15) is 0 Å². The van der Waals surface area contributed by atoms with Gasteiger partial charge in [-0.05, 0) is 58.3 Å². The van der Waals surface area contributed by atoms with Gasteiger partial charge in [-0.1, -0.05) is 35.9 Å². The highest BCUT2D eigenvalue weighted by atomic mass is 127. The first-order valence-corrected chi connectivity index (χ1v) is 7.29. The van der Waals surface area contributed by atoms with Crippen LogP contribution in [0.1, 0.15) is 16.5 Å². The lowest BCUT2D eigenvalue weighted by molar-refractivity contribution is 0.625. The molecule has 0 heterocycles. The molecule has 1 atom stereocenters. The van der Waals surface area contributed by atoms with Crippen LogP contribution in [0.4, 0.5) is 4.39 Å². The van der Waals surface area contributed by atoms with Crippen molar-refractivity contribution < 1.29 is 4.39 Å². The summed E-state index contributed by atoms with van der Waals surface area (Å²) in [6, 6.07) is 12.3. The third-order valence-corrected chi connectivity index (χ3v) is 4.35. The van der Waals surface area contributed by atoms with E-state index in [1.165, 1.54) is 12.1 Å². The summed E-state index contributed by atoms with van der Waals surface area (Å²) in [7, 11) is 0. The second kappa shape index (κ2) is 6.22. The number of hydrogen-bond acceptors (Lipinski definition) is 0. The zero-order chi connectivity index (χ0) is 13.1. The standard InChI is InChI=1S/C14H10Cl2FI/c15-12-4-2-1-3-9(12)7-13(16)11-6-5-10(17)8-14(11)18/h1-6,8,13H,7H2. The van der Waals surface area contributed by atoms with Crippen LogP contribution in [0.15, 0.2) is 42.5 Å². The van der Waals surface area contributed by atoms with E-state index in [1.807, 2.05) is 24.3 Å². The average molecular weight is 395 g/mol. The second-order valence-corrected chi connectivity index (χ2v) is 6.03. The Kier molecular flexibility index (Phi) is 4.87. The summed E-state index contributed by atoms with van der Waals surface area (Å²) >= 11 is 14.6. The molecule has 1 unspecified atom stereocenters. The Hall–Kier alpha value is -0.320. The predicted octanol–water partition coefficient (Wildman–Crippen LogP) is 5.61. The van der Waals surface area contributed by atoms with Crippen molar-refractivity contribution in [3.05, 3.63) is 68.0 Å². The maximum absolute atomic E-state index is 13.0. The van der Waals surface area contributed by atoms with Gasteiger partial charge in [0.2, 0.25) is 0 Å². The van der Waals surface area contributed by atoms with E-state index >= 15 is 0 Å². The molecule has 0 nitrogen and oxygen atoms in total. The minimum atomic E-state index is -0.246. The van der Waals surface area contributed by atoms with Gasteiger partial charge in [-0.25, -0.2) is 4.39 Å². The van der Waals surface area contributed by atoms with Gasteiger partial charge in [-0.3, -0.25) is 0 Å². The van der Waals surface area contributed by atoms with E-state index in [1.54, 1.807) is 6.07 Å². The molecular formula is C14H10Cl2FI. The van der Waals surface area contributed by atoms with Crippen molar-refractivity contribution in [1.82, 2.24) is 0 Å². The van der Waals surface area contributed by atoms with Gasteiger partial charge in [0.1, 0.15) is 5.82 Å². The van der Waals surface area contributed by atoms with E-state index < -0.39 is 0 Å². The molecule has 94 valence electrons. The molecule has 0 amide bonds. The number of benzene rings is 2. The van der Waals surface area contributed by atoms with Crippen molar-refractivity contribution in [2.75, 3.05) is 0 Å². The van der Waals surface area contributed by atoms with Crippen molar-refractivity contribution in [3.8, 4) is 0 Å². The van der Waals surface area contributed by atoms with Crippen molar-refractivity contribution in [2.24, 2.45) is 0 Å². The Labute approximate surface area is 129 Å². The van der Waals surface area contributed by atoms with E-state index in [0.717, 1.165) is 14.7 Å². The van der Waals surface area contributed by atoms with E-state index in [2.05, 4.69) is 22.6 Å². The summed E-state index contributed by atoms with van der Waals surface area (Å²) in [5.41, 5.74) is 1.93. The lowest BCUT2D eigenvalue weighted by atomic mass is 10.0. The lowest BCUT2D eigenvalue weighted by Crippen LogP contribution is -1.99. The van der Waals surface area contributed by atoms with Crippen LogP contribution in [-0.4, -0.2) is 0 Å². The molecule has 0 fully saturated rings. The van der Waals surface area contributed by atoms with Crippen LogP contribution < -0.4 is 0 Å². The van der Waals surface area contributed by atoms with Gasteiger partial charge < -0.3 is 0 Å². The van der Waals surface area contributed by atoms with Crippen LogP contribution in [0.3, 0.4) is 0 Å². The van der Waals surface area contributed by atoms with Gasteiger partial charge in [0.25, 0.3) is 0 Å². The molecule has 2 aromatic carbocycles. The first-order chi connectivity index (χ1) is 8.58. The van der Waals surface area contributed by atoms with Crippen LogP contribution in [0, 0.1) is 9.39 Å². The fraction of sp³-hybridized carbons (Fsp3) is 0.143. The van der Waals surface area contributed by atoms with Crippen molar-refractivity contribution in [2.45, 2.75) is 11.8 Å². The molecule has 2 rings (SSSR count). The summed E-state index contributed by atoms with van der Waals surface area (Å²) in [6.45, 7) is 0. The predicted molar refractivity (Wildman–Crippen MR) is 82.9 cm³/mol. The summed E-state index contributed by atoms with van der Waals surface area (Å²) < 4.78 is 13.9. The molecule has 0 spiro atoms. The smallest absolute Gasteiger partial charge is 0.124 e. The molecule has 0 N–H and O–H groups in total. The van der Waals surface area contributed by atoms with Crippen LogP contribution in [0.25, 0.3) is 0 Å². The maximum Gasteiger partial charge on any atom is 0.124 e. The monoisotopic (exact) mass is 394 g/mol. The zero-order valence-corrected chi connectivity index (χ0v) is 13.0. The average Bonchev–Trinajstić information content (AvgIpc) is 2.32. The van der Waals surface area contributed by atoms with Gasteiger partial charge in [0.05, 0.1) is 5.38 Å². The summed E-state index contributed by atoms with van der Waals surface area (Å²) in [5.74, 6) is -0.246. The Morgan fingerprint density at radius 1 is 1.17 bits per heavy atom. The number of halogens is 4. The summed E-state index contributed by atoms with van der Waals surface area (Å²) in [4.78, 5) is 0. The van der Waals surface area contributed by atoms with Crippen molar-refractivity contribution in [3.63, 3.8) is 0 Å². The number of hydrogen-bond donors (Lipinski definition) is 0. The van der Waals surface area contributed by atoms with Crippen LogP contribution in [-0.2, 0) is 6.42 Å². The third-order valence-electron chi connectivity index (χ3n) is 2.66. The molecular weight excluding hydrogens is 385 g/mol.